The molecule has 3 rings (SSSR count). The molecule has 0 radical (unpaired) electrons. The van der Waals surface area contributed by atoms with Crippen LogP contribution in [0.15, 0.2) is 23.8 Å². The molecule has 3 nitrogen and oxygen atoms in total. The number of thiazole rings is 1. The maximum atomic E-state index is 6.26. The van der Waals surface area contributed by atoms with Crippen LogP contribution in [0.5, 0.6) is 5.75 Å². The van der Waals surface area contributed by atoms with E-state index in [1.807, 2.05) is 6.07 Å². The highest BCUT2D eigenvalue weighted by atomic mass is 35.5. The molecule has 0 bridgehead atoms. The number of rotatable bonds is 6. The highest BCUT2D eigenvalue weighted by Crippen LogP contribution is 2.34. The first-order chi connectivity index (χ1) is 9.72. The predicted octanol–water partition coefficient (Wildman–Crippen LogP) is 4.28. The zero-order valence-corrected chi connectivity index (χ0v) is 13.1. The average Bonchev–Trinajstić information content (AvgIpc) is 3.10. The van der Waals surface area contributed by atoms with E-state index in [1.165, 1.54) is 12.8 Å². The third-order valence-corrected chi connectivity index (χ3v) is 4.34. The number of hydrogen-bond acceptors (Lipinski definition) is 4. The van der Waals surface area contributed by atoms with E-state index in [9.17, 15) is 0 Å². The van der Waals surface area contributed by atoms with Gasteiger partial charge in [-0.1, -0.05) is 23.2 Å². The van der Waals surface area contributed by atoms with E-state index in [0.29, 0.717) is 28.4 Å². The van der Waals surface area contributed by atoms with Crippen LogP contribution in [0.2, 0.25) is 10.0 Å². The molecule has 1 heterocycles. The minimum absolute atomic E-state index is 0.475. The van der Waals surface area contributed by atoms with Crippen molar-refractivity contribution in [1.29, 1.82) is 0 Å². The normalized spacial score (nSPS) is 14.5. The largest absolute Gasteiger partial charge is 0.486 e. The SMILES string of the molecule is Clc1cc(Cl)c(OCc2cncs2)c(CNC2CC2)c1. The lowest BCUT2D eigenvalue weighted by molar-refractivity contribution is 0.305. The van der Waals surface area contributed by atoms with Crippen molar-refractivity contribution < 1.29 is 4.74 Å². The molecule has 0 aliphatic heterocycles. The lowest BCUT2D eigenvalue weighted by Gasteiger charge is -2.14. The fourth-order valence-corrected chi connectivity index (χ4v) is 3.00. The van der Waals surface area contributed by atoms with E-state index in [1.54, 1.807) is 29.1 Å². The van der Waals surface area contributed by atoms with Crippen LogP contribution in [0.25, 0.3) is 0 Å². The first-order valence-corrected chi connectivity index (χ1v) is 8.07. The Labute approximate surface area is 131 Å². The number of ether oxygens (including phenoxy) is 1. The second kappa shape index (κ2) is 6.31. The Morgan fingerprint density at radius 1 is 1.35 bits per heavy atom. The van der Waals surface area contributed by atoms with Gasteiger partial charge in [-0.3, -0.25) is 4.98 Å². The summed E-state index contributed by atoms with van der Waals surface area (Å²) in [6.07, 6.45) is 4.29. The van der Waals surface area contributed by atoms with Crippen LogP contribution in [0, 0.1) is 0 Å². The van der Waals surface area contributed by atoms with Crippen molar-refractivity contribution in [2.45, 2.75) is 32.0 Å². The number of aromatic nitrogens is 1. The minimum Gasteiger partial charge on any atom is -0.486 e. The van der Waals surface area contributed by atoms with Crippen molar-refractivity contribution in [3.05, 3.63) is 44.3 Å². The maximum Gasteiger partial charge on any atom is 0.143 e. The van der Waals surface area contributed by atoms with E-state index in [4.69, 9.17) is 27.9 Å². The van der Waals surface area contributed by atoms with Crippen LogP contribution < -0.4 is 10.1 Å². The molecule has 20 heavy (non-hydrogen) atoms. The van der Waals surface area contributed by atoms with Gasteiger partial charge in [-0.15, -0.1) is 11.3 Å². The van der Waals surface area contributed by atoms with Gasteiger partial charge in [0.1, 0.15) is 12.4 Å². The molecule has 1 fully saturated rings. The monoisotopic (exact) mass is 328 g/mol. The minimum atomic E-state index is 0.475. The van der Waals surface area contributed by atoms with Gasteiger partial charge in [-0.25, -0.2) is 0 Å². The van der Waals surface area contributed by atoms with Gasteiger partial charge >= 0.3 is 0 Å². The Hall–Kier alpha value is -0.810. The molecule has 1 aliphatic carbocycles. The highest BCUT2D eigenvalue weighted by Gasteiger charge is 2.21. The van der Waals surface area contributed by atoms with Crippen molar-refractivity contribution in [2.75, 3.05) is 0 Å². The zero-order chi connectivity index (χ0) is 13.9. The fraction of sp³-hybridized carbons (Fsp3) is 0.357. The van der Waals surface area contributed by atoms with E-state index in [-0.39, 0.29) is 0 Å². The van der Waals surface area contributed by atoms with Crippen molar-refractivity contribution >= 4 is 34.5 Å². The molecular weight excluding hydrogens is 315 g/mol. The molecule has 0 amide bonds. The van der Waals surface area contributed by atoms with Crippen LogP contribution in [-0.4, -0.2) is 11.0 Å². The maximum absolute atomic E-state index is 6.26. The Kier molecular flexibility index (Phi) is 4.46. The van der Waals surface area contributed by atoms with Gasteiger partial charge in [-0.2, -0.15) is 0 Å². The molecule has 0 saturated heterocycles. The standard InChI is InChI=1S/C14H14Cl2N2OS/c15-10-3-9(5-18-11-1-2-11)14(13(16)4-10)19-7-12-6-17-8-20-12/h3-4,6,8,11,18H,1-2,5,7H2. The van der Waals surface area contributed by atoms with Gasteiger partial charge in [0.2, 0.25) is 0 Å². The van der Waals surface area contributed by atoms with Crippen LogP contribution in [-0.2, 0) is 13.2 Å². The summed E-state index contributed by atoms with van der Waals surface area (Å²) in [5.41, 5.74) is 2.79. The molecule has 106 valence electrons. The predicted molar refractivity (Wildman–Crippen MR) is 82.8 cm³/mol. The summed E-state index contributed by atoms with van der Waals surface area (Å²) >= 11 is 13.9. The van der Waals surface area contributed by atoms with Crippen LogP contribution in [0.1, 0.15) is 23.3 Å². The van der Waals surface area contributed by atoms with Gasteiger partial charge < -0.3 is 10.1 Å². The van der Waals surface area contributed by atoms with Crippen LogP contribution in [0.3, 0.4) is 0 Å². The number of nitrogens with zero attached hydrogens (tertiary/aromatic N) is 1. The fourth-order valence-electron chi connectivity index (χ4n) is 1.91. The quantitative estimate of drug-likeness (QED) is 0.859. The molecule has 1 aliphatic rings. The zero-order valence-electron chi connectivity index (χ0n) is 10.7. The molecule has 1 aromatic heterocycles. The third kappa shape index (κ3) is 3.64. The van der Waals surface area contributed by atoms with Gasteiger partial charge in [-0.05, 0) is 25.0 Å². The average molecular weight is 329 g/mol. The van der Waals surface area contributed by atoms with E-state index < -0.39 is 0 Å². The van der Waals surface area contributed by atoms with E-state index in [0.717, 1.165) is 17.0 Å². The van der Waals surface area contributed by atoms with E-state index >= 15 is 0 Å². The molecular formula is C14H14Cl2N2OS. The van der Waals surface area contributed by atoms with Gasteiger partial charge in [0, 0.05) is 29.4 Å². The molecule has 0 spiro atoms. The van der Waals surface area contributed by atoms with Crippen molar-refractivity contribution in [2.24, 2.45) is 0 Å². The molecule has 0 atom stereocenters. The van der Waals surface area contributed by atoms with Crippen molar-refractivity contribution in [3.8, 4) is 5.75 Å². The summed E-state index contributed by atoms with van der Waals surface area (Å²) < 4.78 is 5.86. The lowest BCUT2D eigenvalue weighted by Crippen LogP contribution is -2.16. The lowest BCUT2D eigenvalue weighted by atomic mass is 10.2. The Morgan fingerprint density at radius 2 is 2.20 bits per heavy atom. The third-order valence-electron chi connectivity index (χ3n) is 3.09. The topological polar surface area (TPSA) is 34.1 Å². The number of halogens is 2. The van der Waals surface area contributed by atoms with Crippen LogP contribution >= 0.6 is 34.5 Å². The Balaban J connectivity index is 1.75. The summed E-state index contributed by atoms with van der Waals surface area (Å²) in [6, 6.07) is 4.25. The summed E-state index contributed by atoms with van der Waals surface area (Å²) in [5, 5.41) is 4.64. The number of nitrogens with one attached hydrogen (secondary N) is 1. The van der Waals surface area contributed by atoms with Gasteiger partial charge in [0.25, 0.3) is 0 Å². The van der Waals surface area contributed by atoms with Crippen molar-refractivity contribution in [3.63, 3.8) is 0 Å². The molecule has 0 unspecified atom stereocenters. The summed E-state index contributed by atoms with van der Waals surface area (Å²) in [4.78, 5) is 5.10. The molecule has 1 aromatic carbocycles. The van der Waals surface area contributed by atoms with Crippen molar-refractivity contribution in [1.82, 2.24) is 10.3 Å². The summed E-state index contributed by atoms with van der Waals surface area (Å²) in [5.74, 6) is 0.706. The number of hydrogen-bond donors (Lipinski definition) is 1. The Bertz CT molecular complexity index is 585. The smallest absolute Gasteiger partial charge is 0.143 e. The highest BCUT2D eigenvalue weighted by molar-refractivity contribution is 7.09. The Morgan fingerprint density at radius 3 is 2.90 bits per heavy atom. The summed E-state index contributed by atoms with van der Waals surface area (Å²) in [7, 11) is 0. The first kappa shape index (κ1) is 14.1. The molecule has 2 aromatic rings. The second-order valence-corrected chi connectivity index (χ2v) is 6.60. The molecule has 6 heteroatoms. The van der Waals surface area contributed by atoms with Gasteiger partial charge in [0.05, 0.1) is 15.4 Å². The summed E-state index contributed by atoms with van der Waals surface area (Å²) in [6.45, 7) is 1.20. The van der Waals surface area contributed by atoms with Crippen LogP contribution in [0.4, 0.5) is 0 Å². The van der Waals surface area contributed by atoms with E-state index in [2.05, 4.69) is 10.3 Å². The second-order valence-electron chi connectivity index (χ2n) is 4.79. The first-order valence-electron chi connectivity index (χ1n) is 6.44. The van der Waals surface area contributed by atoms with Gasteiger partial charge in [0.15, 0.2) is 0 Å². The molecule has 1 N–H and O–H groups in total. The molecule has 1 saturated carbocycles. The number of benzene rings is 1.